The van der Waals surface area contributed by atoms with Crippen molar-refractivity contribution in [3.63, 3.8) is 0 Å². The zero-order chi connectivity index (χ0) is 8.77. The van der Waals surface area contributed by atoms with Gasteiger partial charge in [0.25, 0.3) is 0 Å². The van der Waals surface area contributed by atoms with Crippen molar-refractivity contribution >= 4 is 11.9 Å². The Hall–Kier alpha value is -0.630. The fraction of sp³-hybridized carbons (Fsp3) is 0.364. The van der Waals surface area contributed by atoms with Gasteiger partial charge in [-0.05, 0) is 13.8 Å². The van der Waals surface area contributed by atoms with Gasteiger partial charge in [-0.15, -0.1) is 0 Å². The summed E-state index contributed by atoms with van der Waals surface area (Å²) in [5, 5.41) is 0. The quantitative estimate of drug-likeness (QED) is 0.529. The smallest absolute Gasteiger partial charge is 0.209 e. The molecular weight excluding hydrogens is 226 g/mol. The second-order valence-corrected chi connectivity index (χ2v) is 3.98. The van der Waals surface area contributed by atoms with E-state index in [1.54, 1.807) is 0 Å². The summed E-state index contributed by atoms with van der Waals surface area (Å²) < 4.78 is 2.20. The van der Waals surface area contributed by atoms with E-state index in [1.165, 1.54) is 11.3 Å². The van der Waals surface area contributed by atoms with Crippen LogP contribution in [0.15, 0.2) is 24.3 Å². The topological polar surface area (TPSA) is 3.01 Å². The molecule has 1 nitrogen and oxygen atoms in total. The van der Waals surface area contributed by atoms with E-state index in [4.69, 9.17) is 0 Å². The molecule has 0 amide bonds. The highest BCUT2D eigenvalue weighted by Crippen LogP contribution is 2.34. The van der Waals surface area contributed by atoms with E-state index in [0.717, 1.165) is 0 Å². The Balaban J connectivity index is 0.000000845. The Labute approximate surface area is 89.9 Å². The molecule has 0 aromatic heterocycles. The van der Waals surface area contributed by atoms with Crippen molar-refractivity contribution in [1.29, 1.82) is 0 Å². The van der Waals surface area contributed by atoms with Gasteiger partial charge >= 0.3 is 0 Å². The third kappa shape index (κ3) is 1.55. The molecule has 1 aromatic rings. The number of halogens is 1. The van der Waals surface area contributed by atoms with Gasteiger partial charge in [-0.25, -0.2) is 4.58 Å². The molecule has 1 aromatic carbocycles. The first-order valence-electron chi connectivity index (χ1n) is 4.30. The minimum absolute atomic E-state index is 0. The van der Waals surface area contributed by atoms with Crippen LogP contribution in [0.3, 0.4) is 0 Å². The molecule has 0 aliphatic carbocycles. The average molecular weight is 240 g/mol. The summed E-state index contributed by atoms with van der Waals surface area (Å²) in [5.41, 5.74) is 2.96. The van der Waals surface area contributed by atoms with Crippen LogP contribution in [0.2, 0.25) is 0 Å². The largest absolute Gasteiger partial charge is 1.00 e. The van der Waals surface area contributed by atoms with Gasteiger partial charge in [0.15, 0.2) is 6.21 Å². The lowest BCUT2D eigenvalue weighted by molar-refractivity contribution is -0.397. The van der Waals surface area contributed by atoms with Crippen LogP contribution in [0.1, 0.15) is 19.4 Å². The minimum atomic E-state index is 0. The monoisotopic (exact) mass is 239 g/mol. The first-order valence-corrected chi connectivity index (χ1v) is 4.30. The van der Waals surface area contributed by atoms with E-state index < -0.39 is 0 Å². The van der Waals surface area contributed by atoms with Crippen LogP contribution in [0.4, 0.5) is 5.69 Å². The number of hydrogen-bond acceptors (Lipinski definition) is 0. The van der Waals surface area contributed by atoms with Crippen molar-refractivity contribution in [1.82, 2.24) is 0 Å². The van der Waals surface area contributed by atoms with Crippen molar-refractivity contribution in [3.8, 4) is 0 Å². The fourth-order valence-electron chi connectivity index (χ4n) is 1.95. The van der Waals surface area contributed by atoms with Crippen molar-refractivity contribution in [2.24, 2.45) is 0 Å². The summed E-state index contributed by atoms with van der Waals surface area (Å²) in [6.45, 7) is 4.49. The SMILES string of the molecule is C[N+]1=CC(C)(C)c2ccccc21.[Br-]. The molecule has 0 fully saturated rings. The van der Waals surface area contributed by atoms with Crippen LogP contribution in [-0.2, 0) is 5.41 Å². The molecule has 70 valence electrons. The third-order valence-corrected chi connectivity index (χ3v) is 2.49. The van der Waals surface area contributed by atoms with E-state index in [1.807, 2.05) is 0 Å². The second kappa shape index (κ2) is 3.26. The highest BCUT2D eigenvalue weighted by Gasteiger charge is 2.34. The number of nitrogens with zero attached hydrogens (tertiary/aromatic N) is 1. The van der Waals surface area contributed by atoms with Gasteiger partial charge in [-0.1, -0.05) is 18.2 Å². The van der Waals surface area contributed by atoms with E-state index >= 15 is 0 Å². The molecule has 0 bridgehead atoms. The Morgan fingerprint density at radius 2 is 1.77 bits per heavy atom. The van der Waals surface area contributed by atoms with Gasteiger partial charge in [-0.3, -0.25) is 0 Å². The molecule has 0 unspecified atom stereocenters. The standard InChI is InChI=1S/C11H14N.BrH/c1-11(2)8-12(3)10-7-5-4-6-9(10)11;/h4-8H,1-3H3;1H/q+1;/p-1. The van der Waals surface area contributed by atoms with Gasteiger partial charge in [0.1, 0.15) is 7.05 Å². The number of para-hydroxylation sites is 1. The van der Waals surface area contributed by atoms with Crippen LogP contribution in [-0.4, -0.2) is 17.8 Å². The van der Waals surface area contributed by atoms with Crippen LogP contribution in [0.25, 0.3) is 0 Å². The summed E-state index contributed by atoms with van der Waals surface area (Å²) in [7, 11) is 2.10. The zero-order valence-corrected chi connectivity index (χ0v) is 9.80. The van der Waals surface area contributed by atoms with Gasteiger partial charge in [0.2, 0.25) is 5.69 Å². The number of benzene rings is 1. The molecule has 2 heteroatoms. The number of rotatable bonds is 0. The van der Waals surface area contributed by atoms with E-state index in [0.29, 0.717) is 0 Å². The molecule has 2 rings (SSSR count). The van der Waals surface area contributed by atoms with E-state index in [9.17, 15) is 0 Å². The predicted octanol–water partition coefficient (Wildman–Crippen LogP) is -0.674. The molecule has 0 saturated heterocycles. The molecule has 0 atom stereocenters. The van der Waals surface area contributed by atoms with Crippen LogP contribution in [0, 0.1) is 0 Å². The maximum Gasteiger partial charge on any atom is 0.209 e. The van der Waals surface area contributed by atoms with Gasteiger partial charge in [-0.2, -0.15) is 0 Å². The summed E-state index contributed by atoms with van der Waals surface area (Å²) >= 11 is 0. The zero-order valence-electron chi connectivity index (χ0n) is 8.21. The first kappa shape index (κ1) is 10.5. The van der Waals surface area contributed by atoms with E-state index in [-0.39, 0.29) is 22.4 Å². The Morgan fingerprint density at radius 1 is 1.15 bits per heavy atom. The lowest BCUT2D eigenvalue weighted by Gasteiger charge is -2.09. The maximum atomic E-state index is 2.26. The second-order valence-electron chi connectivity index (χ2n) is 3.98. The highest BCUT2D eigenvalue weighted by atomic mass is 79.9. The molecule has 0 N–H and O–H groups in total. The minimum Gasteiger partial charge on any atom is -1.00 e. The molecule has 0 radical (unpaired) electrons. The Bertz CT molecular complexity index is 353. The Morgan fingerprint density at radius 3 is 2.38 bits per heavy atom. The summed E-state index contributed by atoms with van der Waals surface area (Å²) in [5.74, 6) is 0. The molecular formula is C11H14BrN. The molecule has 1 aliphatic heterocycles. The van der Waals surface area contributed by atoms with Gasteiger partial charge < -0.3 is 17.0 Å². The predicted molar refractivity (Wildman–Crippen MR) is 51.4 cm³/mol. The molecule has 0 saturated carbocycles. The van der Waals surface area contributed by atoms with Gasteiger partial charge in [0.05, 0.1) is 5.41 Å². The van der Waals surface area contributed by atoms with Crippen LogP contribution >= 0.6 is 0 Å². The molecule has 0 spiro atoms. The fourth-order valence-corrected chi connectivity index (χ4v) is 1.95. The van der Waals surface area contributed by atoms with Crippen molar-refractivity contribution < 1.29 is 21.6 Å². The van der Waals surface area contributed by atoms with Crippen molar-refractivity contribution in [3.05, 3.63) is 29.8 Å². The van der Waals surface area contributed by atoms with Crippen LogP contribution in [0.5, 0.6) is 0 Å². The summed E-state index contributed by atoms with van der Waals surface area (Å²) in [6.07, 6.45) is 2.26. The number of hydrogen-bond donors (Lipinski definition) is 0. The highest BCUT2D eigenvalue weighted by molar-refractivity contribution is 5.76. The molecule has 13 heavy (non-hydrogen) atoms. The van der Waals surface area contributed by atoms with Crippen molar-refractivity contribution in [2.45, 2.75) is 19.3 Å². The van der Waals surface area contributed by atoms with Crippen molar-refractivity contribution in [2.75, 3.05) is 7.05 Å². The maximum absolute atomic E-state index is 2.26. The van der Waals surface area contributed by atoms with E-state index in [2.05, 4.69) is 56.0 Å². The Kier molecular flexibility index (Phi) is 2.62. The molecule has 1 aliphatic rings. The van der Waals surface area contributed by atoms with Crippen LogP contribution < -0.4 is 17.0 Å². The summed E-state index contributed by atoms with van der Waals surface area (Å²) in [6, 6.07) is 8.56. The first-order chi connectivity index (χ1) is 5.61. The third-order valence-electron chi connectivity index (χ3n) is 2.49. The lowest BCUT2D eigenvalue weighted by atomic mass is 9.87. The normalized spacial score (nSPS) is 17.3. The summed E-state index contributed by atoms with van der Waals surface area (Å²) in [4.78, 5) is 0. The molecule has 1 heterocycles. The number of fused-ring (bicyclic) bond motifs is 1. The lowest BCUT2D eigenvalue weighted by Crippen LogP contribution is -3.00. The average Bonchev–Trinajstić information content (AvgIpc) is 2.25. The van der Waals surface area contributed by atoms with Gasteiger partial charge in [0, 0.05) is 11.6 Å².